The van der Waals surface area contributed by atoms with E-state index in [-0.39, 0.29) is 64.2 Å². The van der Waals surface area contributed by atoms with Crippen LogP contribution in [-0.4, -0.2) is 138 Å². The first-order valence-electron chi connectivity index (χ1n) is 17.7. The molecular formula is C32H59N11O10. The molecule has 53 heavy (non-hydrogen) atoms. The van der Waals surface area contributed by atoms with E-state index >= 15 is 0 Å². The highest BCUT2D eigenvalue weighted by Crippen LogP contribution is 2.09. The third-order valence-corrected chi connectivity index (χ3v) is 8.16. The molecule has 0 aliphatic carbocycles. The van der Waals surface area contributed by atoms with Crippen LogP contribution >= 0.6 is 0 Å². The van der Waals surface area contributed by atoms with Crippen molar-refractivity contribution in [3.63, 3.8) is 0 Å². The normalized spacial score (nSPS) is 27.5. The number of nitrogens with one attached hydrogen (secondary N) is 8. The largest absolute Gasteiger partial charge is 0.391 e. The molecule has 8 amide bonds. The van der Waals surface area contributed by atoms with Crippen LogP contribution in [0.15, 0.2) is 0 Å². The predicted molar refractivity (Wildman–Crippen MR) is 191 cm³/mol. The minimum absolute atomic E-state index is 0.0688. The zero-order chi connectivity index (χ0) is 40.4. The second kappa shape index (κ2) is 23.3. The molecule has 2 unspecified atom stereocenters. The van der Waals surface area contributed by atoms with Crippen LogP contribution in [0, 0.1) is 5.92 Å². The molecule has 1 rings (SSSR count). The standard InChI is InChI=1S/C32H59N11O10/c1-15(2)14-23-30(51)43-25(17(4)45)32(53)40-20(7-11-34)26(47)39-21(8-12-35)29(50)42-24(16(3)44)31(52)36-13-9-22(37-18(5)46)28(49)38-19(6-10-33)27(48)41-23/h15-17,19-25,44-45H,6-14,33-35H2,1-5H3,(H,36,52)(H,37,46)(H,38,49)(H,39,47)(H,40,53)(H,41,48)(H,42,50)(H,43,51)/t16?,17?,19-,20-,21-,22-,23+,24-,25-/m0/s1. The van der Waals surface area contributed by atoms with E-state index in [9.17, 15) is 48.6 Å². The van der Waals surface area contributed by atoms with Gasteiger partial charge in [-0.1, -0.05) is 13.8 Å². The smallest absolute Gasteiger partial charge is 0.245 e. The third-order valence-electron chi connectivity index (χ3n) is 8.16. The van der Waals surface area contributed by atoms with Crippen molar-refractivity contribution >= 4 is 47.3 Å². The van der Waals surface area contributed by atoms with Gasteiger partial charge in [-0.3, -0.25) is 38.4 Å². The van der Waals surface area contributed by atoms with Crippen LogP contribution in [0.3, 0.4) is 0 Å². The lowest BCUT2D eigenvalue weighted by Crippen LogP contribution is -2.62. The number of rotatable bonds is 11. The Morgan fingerprint density at radius 3 is 1.42 bits per heavy atom. The Kier molecular flexibility index (Phi) is 20.5. The summed E-state index contributed by atoms with van der Waals surface area (Å²) >= 11 is 0. The molecule has 1 aliphatic heterocycles. The van der Waals surface area contributed by atoms with E-state index in [1.165, 1.54) is 13.8 Å². The van der Waals surface area contributed by atoms with Crippen LogP contribution in [0.1, 0.15) is 66.7 Å². The second-order valence-corrected chi connectivity index (χ2v) is 13.4. The molecule has 16 N–H and O–H groups in total. The minimum atomic E-state index is -1.63. The van der Waals surface area contributed by atoms with E-state index in [0.717, 1.165) is 6.92 Å². The third kappa shape index (κ3) is 16.0. The van der Waals surface area contributed by atoms with Gasteiger partial charge in [0.1, 0.15) is 42.3 Å². The van der Waals surface area contributed by atoms with Gasteiger partial charge in [-0.05, 0) is 71.5 Å². The van der Waals surface area contributed by atoms with E-state index in [2.05, 4.69) is 42.5 Å². The number of nitrogens with two attached hydrogens (primary N) is 3. The average molecular weight is 758 g/mol. The van der Waals surface area contributed by atoms with Crippen molar-refractivity contribution in [2.45, 2.75) is 121 Å². The van der Waals surface area contributed by atoms with Crippen molar-refractivity contribution in [3.8, 4) is 0 Å². The fourth-order valence-corrected chi connectivity index (χ4v) is 5.37. The van der Waals surface area contributed by atoms with E-state index in [0.29, 0.717) is 0 Å². The lowest BCUT2D eigenvalue weighted by atomic mass is 10.0. The highest BCUT2D eigenvalue weighted by Gasteiger charge is 2.36. The summed E-state index contributed by atoms with van der Waals surface area (Å²) in [7, 11) is 0. The summed E-state index contributed by atoms with van der Waals surface area (Å²) in [6.07, 6.45) is -3.40. The maximum atomic E-state index is 13.6. The first kappa shape index (κ1) is 46.6. The van der Waals surface area contributed by atoms with E-state index in [4.69, 9.17) is 17.2 Å². The summed E-state index contributed by atoms with van der Waals surface area (Å²) in [5.41, 5.74) is 17.1. The SMILES string of the molecule is CC(=O)N[C@H]1CCNC(=O)[C@H](C(C)O)NC(=O)[C@H](CCN)NC(=O)[C@H](CCN)NC(=O)[C@H](C(C)O)NC(=O)[C@@H](CC(C)C)NC(=O)[C@H](CCN)NC1=O. The van der Waals surface area contributed by atoms with Gasteiger partial charge in [-0.15, -0.1) is 0 Å². The fourth-order valence-electron chi connectivity index (χ4n) is 5.37. The Morgan fingerprint density at radius 1 is 0.623 bits per heavy atom. The summed E-state index contributed by atoms with van der Waals surface area (Å²) in [5, 5.41) is 40.6. The number of aliphatic hydroxyl groups excluding tert-OH is 2. The number of hydrogen-bond acceptors (Lipinski definition) is 13. The molecule has 9 atom stereocenters. The van der Waals surface area contributed by atoms with Gasteiger partial charge in [0.15, 0.2) is 0 Å². The van der Waals surface area contributed by atoms with Crippen molar-refractivity contribution in [2.24, 2.45) is 23.1 Å². The molecule has 21 heteroatoms. The highest BCUT2D eigenvalue weighted by molar-refractivity contribution is 5.98. The van der Waals surface area contributed by atoms with E-state index in [1.807, 2.05) is 0 Å². The topological polar surface area (TPSA) is 351 Å². The van der Waals surface area contributed by atoms with Gasteiger partial charge >= 0.3 is 0 Å². The first-order chi connectivity index (χ1) is 24.9. The van der Waals surface area contributed by atoms with Gasteiger partial charge in [-0.2, -0.15) is 0 Å². The highest BCUT2D eigenvalue weighted by atomic mass is 16.3. The average Bonchev–Trinajstić information content (AvgIpc) is 3.06. The number of carbonyl (C=O) groups is 8. The number of carbonyl (C=O) groups excluding carboxylic acids is 8. The molecule has 21 nitrogen and oxygen atoms in total. The molecule has 302 valence electrons. The first-order valence-corrected chi connectivity index (χ1v) is 17.7. The van der Waals surface area contributed by atoms with Gasteiger partial charge in [-0.25, -0.2) is 0 Å². The van der Waals surface area contributed by atoms with Crippen LogP contribution in [0.2, 0.25) is 0 Å². The van der Waals surface area contributed by atoms with Crippen LogP contribution < -0.4 is 59.7 Å². The minimum Gasteiger partial charge on any atom is -0.391 e. The van der Waals surface area contributed by atoms with Gasteiger partial charge in [0.25, 0.3) is 0 Å². The van der Waals surface area contributed by atoms with Crippen LogP contribution in [0.5, 0.6) is 0 Å². The van der Waals surface area contributed by atoms with Gasteiger partial charge in [0.05, 0.1) is 12.2 Å². The predicted octanol–water partition coefficient (Wildman–Crippen LogP) is -6.23. The molecule has 1 fully saturated rings. The fraction of sp³-hybridized carbons (Fsp3) is 0.750. The Balaban J connectivity index is 3.70. The van der Waals surface area contributed by atoms with Crippen molar-refractivity contribution in [2.75, 3.05) is 26.2 Å². The summed E-state index contributed by atoms with van der Waals surface area (Å²) in [6, 6.07) is -9.70. The van der Waals surface area contributed by atoms with Crippen LogP contribution in [0.25, 0.3) is 0 Å². The number of hydrogen-bond donors (Lipinski definition) is 13. The zero-order valence-corrected chi connectivity index (χ0v) is 31.0. The molecule has 0 spiro atoms. The number of aliphatic hydroxyl groups is 2. The van der Waals surface area contributed by atoms with Crippen LogP contribution in [-0.2, 0) is 38.4 Å². The second-order valence-electron chi connectivity index (χ2n) is 13.4. The summed E-state index contributed by atoms with van der Waals surface area (Å²) in [4.78, 5) is 106. The molecule has 0 saturated carbocycles. The lowest BCUT2D eigenvalue weighted by molar-refractivity contribution is -0.137. The summed E-state index contributed by atoms with van der Waals surface area (Å²) in [6.45, 7) is 6.65. The quantitative estimate of drug-likeness (QED) is 0.0934. The lowest BCUT2D eigenvalue weighted by Gasteiger charge is -2.29. The van der Waals surface area contributed by atoms with Gasteiger partial charge in [0, 0.05) is 13.5 Å². The Hall–Kier alpha value is -4.44. The van der Waals surface area contributed by atoms with Crippen molar-refractivity contribution in [3.05, 3.63) is 0 Å². The summed E-state index contributed by atoms with van der Waals surface area (Å²) < 4.78 is 0. The van der Waals surface area contributed by atoms with Gasteiger partial charge in [0.2, 0.25) is 47.3 Å². The molecule has 0 aromatic rings. The molecule has 1 heterocycles. The zero-order valence-electron chi connectivity index (χ0n) is 31.0. The molecule has 1 aliphatic rings. The molecule has 0 aromatic heterocycles. The Morgan fingerprint density at radius 2 is 1.00 bits per heavy atom. The Labute approximate surface area is 308 Å². The van der Waals surface area contributed by atoms with Crippen LogP contribution in [0.4, 0.5) is 0 Å². The maximum Gasteiger partial charge on any atom is 0.245 e. The monoisotopic (exact) mass is 757 g/mol. The molecule has 0 radical (unpaired) electrons. The van der Waals surface area contributed by atoms with Crippen molar-refractivity contribution in [1.29, 1.82) is 0 Å². The van der Waals surface area contributed by atoms with Gasteiger partial charge < -0.3 is 69.9 Å². The Bertz CT molecular complexity index is 1280. The molecule has 0 aromatic carbocycles. The van der Waals surface area contributed by atoms with E-state index < -0.39 is 102 Å². The van der Waals surface area contributed by atoms with E-state index in [1.54, 1.807) is 13.8 Å². The van der Waals surface area contributed by atoms with Crippen molar-refractivity contribution < 1.29 is 48.6 Å². The molecule has 0 bridgehead atoms. The molecular weight excluding hydrogens is 698 g/mol. The number of amides is 8. The maximum absolute atomic E-state index is 13.6. The summed E-state index contributed by atoms with van der Waals surface area (Å²) in [5.74, 6) is -6.87. The van der Waals surface area contributed by atoms with Crippen molar-refractivity contribution in [1.82, 2.24) is 42.5 Å². The molecule has 1 saturated heterocycles.